The number of benzene rings is 1. The van der Waals surface area contributed by atoms with Gasteiger partial charge in [-0.3, -0.25) is 9.58 Å². The van der Waals surface area contributed by atoms with Gasteiger partial charge < -0.3 is 10.2 Å². The number of guanidine groups is 1. The number of piperazine rings is 1. The summed E-state index contributed by atoms with van der Waals surface area (Å²) in [5.41, 5.74) is 4.75. The molecule has 30 heavy (non-hydrogen) atoms. The molecule has 1 aromatic heterocycles. The van der Waals surface area contributed by atoms with Crippen LogP contribution in [0.25, 0.3) is 6.08 Å². The first-order valence-corrected chi connectivity index (χ1v) is 10.5. The van der Waals surface area contributed by atoms with Gasteiger partial charge in [-0.25, -0.2) is 4.99 Å². The highest BCUT2D eigenvalue weighted by molar-refractivity contribution is 14.0. The highest BCUT2D eigenvalue weighted by Crippen LogP contribution is 2.13. The lowest BCUT2D eigenvalue weighted by Crippen LogP contribution is -2.52. The van der Waals surface area contributed by atoms with E-state index in [-0.39, 0.29) is 24.0 Å². The van der Waals surface area contributed by atoms with Crippen LogP contribution in [0.15, 0.2) is 41.4 Å². The third-order valence-electron chi connectivity index (χ3n) is 5.53. The zero-order valence-corrected chi connectivity index (χ0v) is 21.0. The standard InChI is InChI=1S/C23H34N6.HI/c1-5-24-23(25-18-22-19(2)26-27(4)20(22)3)29-16-14-28(15-17-29)13-9-12-21-10-7-6-8-11-21;/h6-12H,5,13-18H2,1-4H3,(H,24,25);1H/b12-9+;. The molecular formula is C23H35IN6. The van der Waals surface area contributed by atoms with Crippen LogP contribution >= 0.6 is 24.0 Å². The molecule has 2 heterocycles. The van der Waals surface area contributed by atoms with E-state index in [0.717, 1.165) is 50.9 Å². The van der Waals surface area contributed by atoms with Gasteiger partial charge in [0, 0.05) is 57.6 Å². The van der Waals surface area contributed by atoms with Crippen LogP contribution in [0, 0.1) is 13.8 Å². The molecular weight excluding hydrogens is 487 g/mol. The summed E-state index contributed by atoms with van der Waals surface area (Å²) in [4.78, 5) is 9.79. The van der Waals surface area contributed by atoms with Gasteiger partial charge in [0.05, 0.1) is 12.2 Å². The molecule has 1 aliphatic heterocycles. The van der Waals surface area contributed by atoms with Crippen molar-refractivity contribution in [2.45, 2.75) is 27.3 Å². The lowest BCUT2D eigenvalue weighted by atomic mass is 10.2. The molecule has 0 radical (unpaired) electrons. The maximum atomic E-state index is 4.91. The highest BCUT2D eigenvalue weighted by Gasteiger charge is 2.19. The Bertz CT molecular complexity index is 835. The second kappa shape index (κ2) is 12.1. The van der Waals surface area contributed by atoms with Crippen LogP contribution in [0.4, 0.5) is 0 Å². The van der Waals surface area contributed by atoms with Crippen molar-refractivity contribution in [3.63, 3.8) is 0 Å². The van der Waals surface area contributed by atoms with Crippen molar-refractivity contribution < 1.29 is 0 Å². The fourth-order valence-corrected chi connectivity index (χ4v) is 3.67. The minimum absolute atomic E-state index is 0. The highest BCUT2D eigenvalue weighted by atomic mass is 127. The summed E-state index contributed by atoms with van der Waals surface area (Å²) in [6.07, 6.45) is 4.47. The molecule has 2 aromatic rings. The van der Waals surface area contributed by atoms with Crippen molar-refractivity contribution in [3.05, 3.63) is 58.9 Å². The van der Waals surface area contributed by atoms with Crippen molar-refractivity contribution in [2.75, 3.05) is 39.3 Å². The van der Waals surface area contributed by atoms with Crippen LogP contribution in [0.3, 0.4) is 0 Å². The summed E-state index contributed by atoms with van der Waals surface area (Å²) in [6, 6.07) is 10.5. The van der Waals surface area contributed by atoms with Gasteiger partial charge in [-0.05, 0) is 26.3 Å². The number of halogens is 1. The maximum absolute atomic E-state index is 4.91. The molecule has 3 rings (SSSR count). The first kappa shape index (κ1) is 24.4. The zero-order chi connectivity index (χ0) is 20.6. The minimum atomic E-state index is 0. The smallest absolute Gasteiger partial charge is 0.194 e. The van der Waals surface area contributed by atoms with Gasteiger partial charge in [0.25, 0.3) is 0 Å². The molecule has 0 bridgehead atoms. The fraction of sp³-hybridized carbons (Fsp3) is 0.478. The summed E-state index contributed by atoms with van der Waals surface area (Å²) in [5, 5.41) is 7.97. The summed E-state index contributed by atoms with van der Waals surface area (Å²) in [7, 11) is 1.99. The molecule has 1 N–H and O–H groups in total. The predicted octanol–water partition coefficient (Wildman–Crippen LogP) is 3.45. The van der Waals surface area contributed by atoms with E-state index in [1.807, 2.05) is 11.7 Å². The van der Waals surface area contributed by atoms with Crippen molar-refractivity contribution in [2.24, 2.45) is 12.0 Å². The molecule has 7 heteroatoms. The average Bonchev–Trinajstić information content (AvgIpc) is 2.98. The van der Waals surface area contributed by atoms with Crippen LogP contribution in [0.2, 0.25) is 0 Å². The second-order valence-electron chi connectivity index (χ2n) is 7.54. The van der Waals surface area contributed by atoms with Crippen LogP contribution < -0.4 is 5.32 Å². The van der Waals surface area contributed by atoms with Gasteiger partial charge in [0.1, 0.15) is 0 Å². The van der Waals surface area contributed by atoms with E-state index in [2.05, 4.69) is 83.5 Å². The Balaban J connectivity index is 0.00000320. The van der Waals surface area contributed by atoms with Crippen LogP contribution in [0.1, 0.15) is 29.4 Å². The Morgan fingerprint density at radius 2 is 1.83 bits per heavy atom. The lowest BCUT2D eigenvalue weighted by Gasteiger charge is -2.36. The number of aliphatic imine (C=N–C) groups is 1. The third kappa shape index (κ3) is 6.57. The monoisotopic (exact) mass is 522 g/mol. The number of aryl methyl sites for hydroxylation is 2. The first-order valence-electron chi connectivity index (χ1n) is 10.5. The summed E-state index contributed by atoms with van der Waals surface area (Å²) >= 11 is 0. The average molecular weight is 522 g/mol. The second-order valence-corrected chi connectivity index (χ2v) is 7.54. The predicted molar refractivity (Wildman–Crippen MR) is 136 cm³/mol. The quantitative estimate of drug-likeness (QED) is 0.359. The van der Waals surface area contributed by atoms with E-state index in [4.69, 9.17) is 4.99 Å². The molecule has 0 aliphatic carbocycles. The molecule has 1 aromatic carbocycles. The van der Waals surface area contributed by atoms with E-state index in [9.17, 15) is 0 Å². The van der Waals surface area contributed by atoms with Crippen molar-refractivity contribution in [1.82, 2.24) is 24.9 Å². The zero-order valence-electron chi connectivity index (χ0n) is 18.6. The number of nitrogens with one attached hydrogen (secondary N) is 1. The van der Waals surface area contributed by atoms with Gasteiger partial charge in [0.2, 0.25) is 0 Å². The van der Waals surface area contributed by atoms with Gasteiger partial charge in [-0.1, -0.05) is 42.5 Å². The van der Waals surface area contributed by atoms with Gasteiger partial charge in [-0.2, -0.15) is 5.10 Å². The minimum Gasteiger partial charge on any atom is -0.357 e. The maximum Gasteiger partial charge on any atom is 0.194 e. The van der Waals surface area contributed by atoms with Crippen LogP contribution in [-0.2, 0) is 13.6 Å². The fourth-order valence-electron chi connectivity index (χ4n) is 3.67. The molecule has 0 spiro atoms. The number of aromatic nitrogens is 2. The molecule has 0 amide bonds. The van der Waals surface area contributed by atoms with Gasteiger partial charge in [0.15, 0.2) is 5.96 Å². The van der Waals surface area contributed by atoms with Crippen LogP contribution in [0.5, 0.6) is 0 Å². The SMILES string of the molecule is CCNC(=NCc1c(C)nn(C)c1C)N1CCN(C/C=C/c2ccccc2)CC1.I. The molecule has 1 fully saturated rings. The van der Waals surface area contributed by atoms with E-state index in [1.165, 1.54) is 16.8 Å². The topological polar surface area (TPSA) is 48.7 Å². The molecule has 164 valence electrons. The lowest BCUT2D eigenvalue weighted by molar-refractivity contribution is 0.194. The summed E-state index contributed by atoms with van der Waals surface area (Å²) in [6.45, 7) is 12.9. The molecule has 0 unspecified atom stereocenters. The Hall–Kier alpha value is -1.87. The Morgan fingerprint density at radius 1 is 1.13 bits per heavy atom. The van der Waals surface area contributed by atoms with Crippen molar-refractivity contribution in [3.8, 4) is 0 Å². The normalized spacial score (nSPS) is 15.5. The van der Waals surface area contributed by atoms with Gasteiger partial charge >= 0.3 is 0 Å². The van der Waals surface area contributed by atoms with Crippen molar-refractivity contribution in [1.29, 1.82) is 0 Å². The molecule has 0 atom stereocenters. The van der Waals surface area contributed by atoms with E-state index in [0.29, 0.717) is 6.54 Å². The van der Waals surface area contributed by atoms with Crippen LogP contribution in [-0.4, -0.2) is 64.8 Å². The molecule has 0 saturated carbocycles. The molecule has 1 aliphatic rings. The molecule has 1 saturated heterocycles. The number of rotatable bonds is 6. The van der Waals surface area contributed by atoms with Gasteiger partial charge in [-0.15, -0.1) is 24.0 Å². The summed E-state index contributed by atoms with van der Waals surface area (Å²) < 4.78 is 1.94. The Kier molecular flexibility index (Phi) is 9.84. The number of hydrogen-bond donors (Lipinski definition) is 1. The Morgan fingerprint density at radius 3 is 2.43 bits per heavy atom. The third-order valence-corrected chi connectivity index (χ3v) is 5.53. The largest absolute Gasteiger partial charge is 0.357 e. The first-order chi connectivity index (χ1) is 14.1. The van der Waals surface area contributed by atoms with E-state index in [1.54, 1.807) is 0 Å². The van der Waals surface area contributed by atoms with E-state index < -0.39 is 0 Å². The Labute approximate surface area is 198 Å². The van der Waals surface area contributed by atoms with E-state index >= 15 is 0 Å². The number of hydrogen-bond acceptors (Lipinski definition) is 3. The summed E-state index contributed by atoms with van der Waals surface area (Å²) in [5.74, 6) is 1.01. The number of nitrogens with zero attached hydrogens (tertiary/aromatic N) is 5. The molecule has 6 nitrogen and oxygen atoms in total. The van der Waals surface area contributed by atoms with Crippen molar-refractivity contribution >= 4 is 36.0 Å².